The molecule has 0 aliphatic carbocycles. The van der Waals surface area contributed by atoms with Crippen molar-refractivity contribution in [3.8, 4) is 44.8 Å². The standard InChI is InChI=1S/C48H34N2/c1-5-16-33(17-6-1)37-24-15-25-38(28-37)45-30-39(29-44(49-45)35-20-9-3-10-21-35)42-31-47-48(41-27-14-13-26-40(41)42)43(34-18-7-2-8-19-34)32-46(50-47)36-22-11-4-12-23-36/h1-32,46,50H. The van der Waals surface area contributed by atoms with E-state index in [0.29, 0.717) is 0 Å². The summed E-state index contributed by atoms with van der Waals surface area (Å²) in [6, 6.07) is 67.0. The molecule has 1 aliphatic rings. The molecular formula is C48H34N2. The molecule has 8 aromatic rings. The van der Waals surface area contributed by atoms with Gasteiger partial charge in [-0.15, -0.1) is 0 Å². The second-order valence-corrected chi connectivity index (χ2v) is 12.8. The predicted octanol–water partition coefficient (Wildman–Crippen LogP) is 12.5. The van der Waals surface area contributed by atoms with E-state index in [2.05, 4.69) is 199 Å². The summed E-state index contributed by atoms with van der Waals surface area (Å²) in [5.41, 5.74) is 14.8. The van der Waals surface area contributed by atoms with Crippen LogP contribution in [0.4, 0.5) is 5.69 Å². The van der Waals surface area contributed by atoms with E-state index in [-0.39, 0.29) is 6.04 Å². The van der Waals surface area contributed by atoms with Gasteiger partial charge in [-0.1, -0.05) is 164 Å². The zero-order valence-corrected chi connectivity index (χ0v) is 27.5. The maximum Gasteiger partial charge on any atom is 0.0715 e. The summed E-state index contributed by atoms with van der Waals surface area (Å²) in [5, 5.41) is 6.37. The van der Waals surface area contributed by atoms with Crippen molar-refractivity contribution < 1.29 is 0 Å². The van der Waals surface area contributed by atoms with Crippen LogP contribution in [0.25, 0.3) is 61.1 Å². The molecule has 0 bridgehead atoms. The lowest BCUT2D eigenvalue weighted by Gasteiger charge is -2.29. The summed E-state index contributed by atoms with van der Waals surface area (Å²) in [6.45, 7) is 0. The third kappa shape index (κ3) is 5.57. The van der Waals surface area contributed by atoms with E-state index in [1.807, 2.05) is 0 Å². The van der Waals surface area contributed by atoms with Crippen LogP contribution in [0.3, 0.4) is 0 Å². The van der Waals surface area contributed by atoms with E-state index in [1.54, 1.807) is 0 Å². The van der Waals surface area contributed by atoms with Gasteiger partial charge in [0.05, 0.1) is 17.4 Å². The zero-order valence-electron chi connectivity index (χ0n) is 27.5. The highest BCUT2D eigenvalue weighted by atomic mass is 14.9. The first kappa shape index (κ1) is 29.6. The van der Waals surface area contributed by atoms with Gasteiger partial charge in [0.15, 0.2) is 0 Å². The third-order valence-electron chi connectivity index (χ3n) is 9.67. The van der Waals surface area contributed by atoms with Crippen LogP contribution in [0.2, 0.25) is 0 Å². The Bertz CT molecular complexity index is 2480. The van der Waals surface area contributed by atoms with Crippen LogP contribution >= 0.6 is 0 Å². The second kappa shape index (κ2) is 12.8. The molecule has 7 aromatic carbocycles. The van der Waals surface area contributed by atoms with Crippen LogP contribution in [0.1, 0.15) is 22.7 Å². The van der Waals surface area contributed by atoms with Gasteiger partial charge in [0.2, 0.25) is 0 Å². The Labute approximate surface area is 293 Å². The van der Waals surface area contributed by atoms with Gasteiger partial charge in [-0.2, -0.15) is 0 Å². The lowest BCUT2D eigenvalue weighted by atomic mass is 9.84. The van der Waals surface area contributed by atoms with Crippen molar-refractivity contribution in [2.75, 3.05) is 5.32 Å². The lowest BCUT2D eigenvalue weighted by Crippen LogP contribution is -2.15. The quantitative estimate of drug-likeness (QED) is 0.196. The maximum absolute atomic E-state index is 5.28. The zero-order chi connectivity index (χ0) is 33.3. The molecule has 1 atom stereocenters. The van der Waals surface area contributed by atoms with Crippen LogP contribution in [0, 0.1) is 0 Å². The number of hydrogen-bond donors (Lipinski definition) is 1. The summed E-state index contributed by atoms with van der Waals surface area (Å²) in [4.78, 5) is 5.28. The molecule has 0 fully saturated rings. The first-order valence-electron chi connectivity index (χ1n) is 17.2. The minimum absolute atomic E-state index is 0.0292. The van der Waals surface area contributed by atoms with Gasteiger partial charge in [-0.25, -0.2) is 4.98 Å². The summed E-state index contributed by atoms with van der Waals surface area (Å²) < 4.78 is 0. The minimum atomic E-state index is 0.0292. The lowest BCUT2D eigenvalue weighted by molar-refractivity contribution is 0.975. The molecule has 9 rings (SSSR count). The Balaban J connectivity index is 1.27. The van der Waals surface area contributed by atoms with Crippen molar-refractivity contribution in [1.29, 1.82) is 0 Å². The molecule has 0 spiro atoms. The molecule has 0 radical (unpaired) electrons. The van der Waals surface area contributed by atoms with Crippen LogP contribution in [-0.2, 0) is 0 Å². The molecular weight excluding hydrogens is 605 g/mol. The number of nitrogens with one attached hydrogen (secondary N) is 1. The number of aromatic nitrogens is 1. The smallest absolute Gasteiger partial charge is 0.0715 e. The van der Waals surface area contributed by atoms with Crippen LogP contribution < -0.4 is 5.32 Å². The van der Waals surface area contributed by atoms with E-state index in [1.165, 1.54) is 49.7 Å². The normalized spacial score (nSPS) is 13.7. The summed E-state index contributed by atoms with van der Waals surface area (Å²) in [7, 11) is 0. The fourth-order valence-electron chi connectivity index (χ4n) is 7.26. The van der Waals surface area contributed by atoms with E-state index in [9.17, 15) is 0 Å². The minimum Gasteiger partial charge on any atom is -0.374 e. The largest absolute Gasteiger partial charge is 0.374 e. The number of benzene rings is 7. The van der Waals surface area contributed by atoms with Crippen molar-refractivity contribution in [2.45, 2.75) is 6.04 Å². The third-order valence-corrected chi connectivity index (χ3v) is 9.67. The highest BCUT2D eigenvalue weighted by molar-refractivity contribution is 6.10. The highest BCUT2D eigenvalue weighted by Crippen LogP contribution is 2.46. The Morgan fingerprint density at radius 2 is 0.940 bits per heavy atom. The van der Waals surface area contributed by atoms with Gasteiger partial charge in [0.25, 0.3) is 0 Å². The molecule has 50 heavy (non-hydrogen) atoms. The van der Waals surface area contributed by atoms with Gasteiger partial charge < -0.3 is 5.32 Å². The molecule has 2 heterocycles. The summed E-state index contributed by atoms with van der Waals surface area (Å²) >= 11 is 0. The molecule has 1 N–H and O–H groups in total. The van der Waals surface area contributed by atoms with Gasteiger partial charge in [-0.3, -0.25) is 0 Å². The molecule has 0 saturated heterocycles. The van der Waals surface area contributed by atoms with Crippen LogP contribution in [-0.4, -0.2) is 4.98 Å². The average molecular weight is 639 g/mol. The monoisotopic (exact) mass is 638 g/mol. The van der Waals surface area contributed by atoms with Gasteiger partial charge >= 0.3 is 0 Å². The fraction of sp³-hybridized carbons (Fsp3) is 0.0208. The topological polar surface area (TPSA) is 24.9 Å². The molecule has 236 valence electrons. The summed E-state index contributed by atoms with van der Waals surface area (Å²) in [6.07, 6.45) is 2.39. The van der Waals surface area contributed by atoms with Gasteiger partial charge in [0.1, 0.15) is 0 Å². The van der Waals surface area contributed by atoms with Gasteiger partial charge in [-0.05, 0) is 80.1 Å². The molecule has 1 unspecified atom stereocenters. The number of fused-ring (bicyclic) bond motifs is 3. The van der Waals surface area contributed by atoms with E-state index >= 15 is 0 Å². The molecule has 0 amide bonds. The molecule has 1 aliphatic heterocycles. The number of hydrogen-bond acceptors (Lipinski definition) is 2. The average Bonchev–Trinajstić information content (AvgIpc) is 3.21. The molecule has 0 saturated carbocycles. The van der Waals surface area contributed by atoms with Gasteiger partial charge in [0, 0.05) is 22.4 Å². The number of pyridine rings is 1. The van der Waals surface area contributed by atoms with E-state index < -0.39 is 0 Å². The number of nitrogens with zero attached hydrogens (tertiary/aromatic N) is 1. The van der Waals surface area contributed by atoms with Crippen LogP contribution in [0.15, 0.2) is 194 Å². The Morgan fingerprint density at radius 3 is 1.64 bits per heavy atom. The number of anilines is 1. The Morgan fingerprint density at radius 1 is 0.400 bits per heavy atom. The fourth-order valence-corrected chi connectivity index (χ4v) is 7.26. The molecule has 2 heteroatoms. The first-order valence-corrected chi connectivity index (χ1v) is 17.2. The van der Waals surface area contributed by atoms with Crippen molar-refractivity contribution in [3.63, 3.8) is 0 Å². The van der Waals surface area contributed by atoms with Crippen molar-refractivity contribution in [3.05, 3.63) is 211 Å². The van der Waals surface area contributed by atoms with Crippen molar-refractivity contribution >= 4 is 22.0 Å². The van der Waals surface area contributed by atoms with Crippen molar-refractivity contribution in [2.24, 2.45) is 0 Å². The first-order chi connectivity index (χ1) is 24.8. The number of rotatable bonds is 6. The molecule has 1 aromatic heterocycles. The van der Waals surface area contributed by atoms with E-state index in [0.717, 1.165) is 33.8 Å². The summed E-state index contributed by atoms with van der Waals surface area (Å²) in [5.74, 6) is 0. The molecule has 2 nitrogen and oxygen atoms in total. The predicted molar refractivity (Wildman–Crippen MR) is 210 cm³/mol. The highest BCUT2D eigenvalue weighted by Gasteiger charge is 2.25. The van der Waals surface area contributed by atoms with Crippen molar-refractivity contribution in [1.82, 2.24) is 4.98 Å². The Kier molecular flexibility index (Phi) is 7.60. The SMILES string of the molecule is C1=C(c2ccccc2)c2c(cc(-c3cc(-c4ccccc4)nc(-c4cccc(-c5ccccc5)c4)c3)c3ccccc23)NC1c1ccccc1. The maximum atomic E-state index is 5.28. The van der Waals surface area contributed by atoms with E-state index in [4.69, 9.17) is 4.98 Å². The second-order valence-electron chi connectivity index (χ2n) is 12.8. The Hall–Kier alpha value is -6.51. The van der Waals surface area contributed by atoms with Crippen LogP contribution in [0.5, 0.6) is 0 Å².